The predicted octanol–water partition coefficient (Wildman–Crippen LogP) is 2.86. The molecule has 1 N–H and O–H groups in total. The maximum absolute atomic E-state index is 5.38. The molecule has 0 aromatic heterocycles. The standard InChI is InChI=1S/C15H19NO2/c1-2-4-12(5-3-1)9-16-10-13-6-7-14-15(8-13)18-11-17-14/h1-2,6-8,12,16H,3-5,9-11H2/t12-/m1/s1. The largest absolute Gasteiger partial charge is 0.454 e. The first-order valence-electron chi connectivity index (χ1n) is 6.66. The second-order valence-electron chi connectivity index (χ2n) is 4.97. The van der Waals surface area contributed by atoms with Crippen molar-refractivity contribution in [3.63, 3.8) is 0 Å². The van der Waals surface area contributed by atoms with Crippen molar-refractivity contribution >= 4 is 0 Å². The number of hydrogen-bond acceptors (Lipinski definition) is 3. The molecular formula is C15H19NO2. The minimum Gasteiger partial charge on any atom is -0.454 e. The van der Waals surface area contributed by atoms with E-state index < -0.39 is 0 Å². The molecular weight excluding hydrogens is 226 g/mol. The van der Waals surface area contributed by atoms with Crippen LogP contribution in [-0.2, 0) is 6.54 Å². The van der Waals surface area contributed by atoms with Gasteiger partial charge in [0, 0.05) is 6.54 Å². The summed E-state index contributed by atoms with van der Waals surface area (Å²) in [5, 5.41) is 3.53. The summed E-state index contributed by atoms with van der Waals surface area (Å²) >= 11 is 0. The highest BCUT2D eigenvalue weighted by atomic mass is 16.7. The van der Waals surface area contributed by atoms with Crippen LogP contribution in [0.3, 0.4) is 0 Å². The number of benzene rings is 1. The first-order valence-corrected chi connectivity index (χ1v) is 6.66. The van der Waals surface area contributed by atoms with Gasteiger partial charge in [0.1, 0.15) is 0 Å². The number of fused-ring (bicyclic) bond motifs is 1. The summed E-state index contributed by atoms with van der Waals surface area (Å²) < 4.78 is 10.7. The van der Waals surface area contributed by atoms with Gasteiger partial charge < -0.3 is 14.8 Å². The van der Waals surface area contributed by atoms with Crippen molar-refractivity contribution in [1.82, 2.24) is 5.32 Å². The van der Waals surface area contributed by atoms with Crippen LogP contribution in [0.1, 0.15) is 24.8 Å². The van der Waals surface area contributed by atoms with E-state index in [4.69, 9.17) is 9.47 Å². The highest BCUT2D eigenvalue weighted by Crippen LogP contribution is 2.32. The average molecular weight is 245 g/mol. The molecule has 0 unspecified atom stereocenters. The molecule has 0 spiro atoms. The van der Waals surface area contributed by atoms with Gasteiger partial charge in [-0.1, -0.05) is 18.2 Å². The van der Waals surface area contributed by atoms with E-state index >= 15 is 0 Å². The summed E-state index contributed by atoms with van der Waals surface area (Å²) in [4.78, 5) is 0. The van der Waals surface area contributed by atoms with Crippen LogP contribution in [-0.4, -0.2) is 13.3 Å². The Bertz CT molecular complexity index is 442. The third-order valence-corrected chi connectivity index (χ3v) is 3.58. The lowest BCUT2D eigenvalue weighted by molar-refractivity contribution is 0.174. The molecule has 96 valence electrons. The van der Waals surface area contributed by atoms with E-state index in [-0.39, 0.29) is 0 Å². The normalized spacial score (nSPS) is 21.2. The highest BCUT2D eigenvalue weighted by molar-refractivity contribution is 5.44. The van der Waals surface area contributed by atoms with Gasteiger partial charge in [-0.2, -0.15) is 0 Å². The molecule has 1 aliphatic heterocycles. The molecule has 0 radical (unpaired) electrons. The Morgan fingerprint density at radius 3 is 3.00 bits per heavy atom. The quantitative estimate of drug-likeness (QED) is 0.827. The summed E-state index contributed by atoms with van der Waals surface area (Å²) in [6.45, 7) is 2.34. The Kier molecular flexibility index (Phi) is 3.51. The topological polar surface area (TPSA) is 30.5 Å². The van der Waals surface area contributed by atoms with E-state index in [1.165, 1.54) is 24.8 Å². The molecule has 0 saturated heterocycles. The number of allylic oxidation sites excluding steroid dienone is 2. The van der Waals surface area contributed by atoms with Gasteiger partial charge in [-0.3, -0.25) is 0 Å². The number of rotatable bonds is 4. The van der Waals surface area contributed by atoms with Crippen LogP contribution in [0.4, 0.5) is 0 Å². The lowest BCUT2D eigenvalue weighted by Crippen LogP contribution is -2.23. The number of hydrogen-bond donors (Lipinski definition) is 1. The first-order chi connectivity index (χ1) is 8.92. The van der Waals surface area contributed by atoms with Crippen LogP contribution >= 0.6 is 0 Å². The minimum absolute atomic E-state index is 0.348. The lowest BCUT2D eigenvalue weighted by atomic mass is 9.94. The maximum Gasteiger partial charge on any atom is 0.231 e. The second kappa shape index (κ2) is 5.44. The molecule has 3 rings (SSSR count). The molecule has 3 heteroatoms. The first kappa shape index (κ1) is 11.6. The molecule has 3 nitrogen and oxygen atoms in total. The van der Waals surface area contributed by atoms with Crippen LogP contribution in [0, 0.1) is 5.92 Å². The second-order valence-corrected chi connectivity index (χ2v) is 4.97. The van der Waals surface area contributed by atoms with Crippen LogP contribution in [0.25, 0.3) is 0 Å². The van der Waals surface area contributed by atoms with Crippen molar-refractivity contribution in [3.05, 3.63) is 35.9 Å². The lowest BCUT2D eigenvalue weighted by Gasteiger charge is -2.18. The Balaban J connectivity index is 1.49. The van der Waals surface area contributed by atoms with Gasteiger partial charge >= 0.3 is 0 Å². The zero-order valence-electron chi connectivity index (χ0n) is 10.5. The van der Waals surface area contributed by atoms with Crippen LogP contribution in [0.5, 0.6) is 11.5 Å². The third-order valence-electron chi connectivity index (χ3n) is 3.58. The molecule has 1 aromatic rings. The Morgan fingerprint density at radius 2 is 2.11 bits per heavy atom. The summed E-state index contributed by atoms with van der Waals surface area (Å²) in [5.41, 5.74) is 1.26. The molecule has 0 bridgehead atoms. The van der Waals surface area contributed by atoms with Crippen molar-refractivity contribution in [2.24, 2.45) is 5.92 Å². The SMILES string of the molecule is C1=CC[C@@H](CNCc2ccc3c(c2)OCO3)CC1. The fourth-order valence-electron chi connectivity index (χ4n) is 2.51. The van der Waals surface area contributed by atoms with E-state index in [0.29, 0.717) is 6.79 Å². The smallest absolute Gasteiger partial charge is 0.231 e. The van der Waals surface area contributed by atoms with Crippen molar-refractivity contribution < 1.29 is 9.47 Å². The van der Waals surface area contributed by atoms with Crippen LogP contribution in [0.2, 0.25) is 0 Å². The van der Waals surface area contributed by atoms with E-state index in [1.807, 2.05) is 6.07 Å². The third kappa shape index (κ3) is 2.67. The summed E-state index contributed by atoms with van der Waals surface area (Å²) in [6, 6.07) is 6.15. The molecule has 2 aliphatic rings. The van der Waals surface area contributed by atoms with Crippen LogP contribution in [0.15, 0.2) is 30.4 Å². The maximum atomic E-state index is 5.38. The van der Waals surface area contributed by atoms with Gasteiger partial charge in [0.2, 0.25) is 6.79 Å². The average Bonchev–Trinajstić information content (AvgIpc) is 2.87. The van der Waals surface area contributed by atoms with Crippen molar-refractivity contribution in [1.29, 1.82) is 0 Å². The van der Waals surface area contributed by atoms with Crippen molar-refractivity contribution in [2.75, 3.05) is 13.3 Å². The van der Waals surface area contributed by atoms with E-state index in [9.17, 15) is 0 Å². The van der Waals surface area contributed by atoms with Crippen molar-refractivity contribution in [2.45, 2.75) is 25.8 Å². The minimum atomic E-state index is 0.348. The van der Waals surface area contributed by atoms with Gasteiger partial charge in [-0.15, -0.1) is 0 Å². The molecule has 0 fully saturated rings. The zero-order chi connectivity index (χ0) is 12.2. The summed E-state index contributed by atoms with van der Waals surface area (Å²) in [7, 11) is 0. The van der Waals surface area contributed by atoms with Gasteiger partial charge in [0.15, 0.2) is 11.5 Å². The van der Waals surface area contributed by atoms with Gasteiger partial charge in [-0.25, -0.2) is 0 Å². The Morgan fingerprint density at radius 1 is 1.17 bits per heavy atom. The number of ether oxygens (including phenoxy) is 2. The number of nitrogens with one attached hydrogen (secondary N) is 1. The molecule has 1 atom stereocenters. The van der Waals surface area contributed by atoms with Crippen molar-refractivity contribution in [3.8, 4) is 11.5 Å². The molecule has 1 heterocycles. The highest BCUT2D eigenvalue weighted by Gasteiger charge is 2.13. The zero-order valence-corrected chi connectivity index (χ0v) is 10.5. The van der Waals surface area contributed by atoms with Gasteiger partial charge in [0.05, 0.1) is 0 Å². The van der Waals surface area contributed by atoms with Gasteiger partial charge in [0.25, 0.3) is 0 Å². The summed E-state index contributed by atoms with van der Waals surface area (Å²) in [6.07, 6.45) is 8.35. The molecule has 0 saturated carbocycles. The molecule has 0 amide bonds. The Labute approximate surface area is 108 Å². The monoisotopic (exact) mass is 245 g/mol. The van der Waals surface area contributed by atoms with E-state index in [0.717, 1.165) is 30.5 Å². The fourth-order valence-corrected chi connectivity index (χ4v) is 2.51. The summed E-state index contributed by atoms with van der Waals surface area (Å²) in [5.74, 6) is 2.52. The molecule has 1 aliphatic carbocycles. The Hall–Kier alpha value is -1.48. The molecule has 1 aromatic carbocycles. The predicted molar refractivity (Wildman–Crippen MR) is 70.8 cm³/mol. The molecule has 18 heavy (non-hydrogen) atoms. The fraction of sp³-hybridized carbons (Fsp3) is 0.467. The van der Waals surface area contributed by atoms with Crippen LogP contribution < -0.4 is 14.8 Å². The van der Waals surface area contributed by atoms with E-state index in [2.05, 4.69) is 29.6 Å². The van der Waals surface area contributed by atoms with E-state index in [1.54, 1.807) is 0 Å². The van der Waals surface area contributed by atoms with Gasteiger partial charge in [-0.05, 0) is 49.4 Å².